The van der Waals surface area contributed by atoms with Gasteiger partial charge >= 0.3 is 0 Å². The maximum atomic E-state index is 6.33. The van der Waals surface area contributed by atoms with Crippen LogP contribution in [0.3, 0.4) is 0 Å². The highest BCUT2D eigenvalue weighted by molar-refractivity contribution is 6.33. The molecule has 20 heavy (non-hydrogen) atoms. The molecule has 0 radical (unpaired) electrons. The summed E-state index contributed by atoms with van der Waals surface area (Å²) in [6, 6.07) is 6.69. The first-order valence-electron chi connectivity index (χ1n) is 8.20. The Kier molecular flexibility index (Phi) is 8.77. The van der Waals surface area contributed by atoms with Crippen molar-refractivity contribution in [2.45, 2.75) is 78.2 Å². The highest BCUT2D eigenvalue weighted by atomic mass is 35.5. The molecule has 0 spiro atoms. The van der Waals surface area contributed by atoms with Crippen LogP contribution in [0.15, 0.2) is 18.2 Å². The van der Waals surface area contributed by atoms with Crippen LogP contribution in [0, 0.1) is 6.92 Å². The minimum absolute atomic E-state index is 0.562. The van der Waals surface area contributed by atoms with Gasteiger partial charge in [-0.1, -0.05) is 76.1 Å². The van der Waals surface area contributed by atoms with Crippen LogP contribution in [-0.2, 0) is 0 Å². The molecule has 0 saturated heterocycles. The van der Waals surface area contributed by atoms with Gasteiger partial charge in [0.05, 0.1) is 10.7 Å². The van der Waals surface area contributed by atoms with Crippen LogP contribution in [0.5, 0.6) is 0 Å². The minimum Gasteiger partial charge on any atom is -0.381 e. The van der Waals surface area contributed by atoms with Crippen molar-refractivity contribution < 1.29 is 0 Å². The van der Waals surface area contributed by atoms with E-state index in [0.717, 1.165) is 10.7 Å². The molecule has 1 aromatic rings. The van der Waals surface area contributed by atoms with Crippen molar-refractivity contribution in [3.05, 3.63) is 28.8 Å². The zero-order valence-electron chi connectivity index (χ0n) is 13.3. The van der Waals surface area contributed by atoms with Crippen molar-refractivity contribution in [3.8, 4) is 0 Å². The van der Waals surface area contributed by atoms with Crippen molar-refractivity contribution in [1.82, 2.24) is 0 Å². The second-order valence-electron chi connectivity index (χ2n) is 5.76. The summed E-state index contributed by atoms with van der Waals surface area (Å²) < 4.78 is 0. The average Bonchev–Trinajstić information content (AvgIpc) is 2.43. The lowest BCUT2D eigenvalue weighted by Gasteiger charge is -2.22. The molecule has 2 heteroatoms. The zero-order chi connectivity index (χ0) is 14.8. The second kappa shape index (κ2) is 10.1. The van der Waals surface area contributed by atoms with Gasteiger partial charge in [-0.25, -0.2) is 0 Å². The molecular formula is C18H30ClN. The Bertz CT molecular complexity index is 345. The summed E-state index contributed by atoms with van der Waals surface area (Å²) in [5.74, 6) is 0. The number of halogens is 1. The van der Waals surface area contributed by atoms with Crippen LogP contribution in [0.25, 0.3) is 0 Å². The monoisotopic (exact) mass is 295 g/mol. The smallest absolute Gasteiger partial charge is 0.0640 e. The first-order chi connectivity index (χ1) is 9.69. The van der Waals surface area contributed by atoms with E-state index in [2.05, 4.69) is 32.2 Å². The molecule has 0 bridgehead atoms. The van der Waals surface area contributed by atoms with Crippen LogP contribution >= 0.6 is 11.6 Å². The number of hydrogen-bond donors (Lipinski definition) is 1. The SMILES string of the molecule is CCCCCC(CCCCC)Nc1c(C)cccc1Cl. The third-order valence-corrected chi connectivity index (χ3v) is 4.20. The number of aryl methyl sites for hydroxylation is 1. The van der Waals surface area contributed by atoms with Crippen molar-refractivity contribution in [2.75, 3.05) is 5.32 Å². The van der Waals surface area contributed by atoms with Crippen LogP contribution in [-0.4, -0.2) is 6.04 Å². The summed E-state index contributed by atoms with van der Waals surface area (Å²) in [5.41, 5.74) is 2.38. The molecule has 0 fully saturated rings. The number of anilines is 1. The van der Waals surface area contributed by atoms with Gasteiger partial charge in [0, 0.05) is 6.04 Å². The van der Waals surface area contributed by atoms with Gasteiger partial charge in [0.15, 0.2) is 0 Å². The van der Waals surface area contributed by atoms with E-state index in [0.29, 0.717) is 6.04 Å². The zero-order valence-corrected chi connectivity index (χ0v) is 14.1. The third-order valence-electron chi connectivity index (χ3n) is 3.88. The summed E-state index contributed by atoms with van der Waals surface area (Å²) in [5, 5.41) is 4.55. The predicted octanol–water partition coefficient (Wildman–Crippen LogP) is 6.59. The summed E-state index contributed by atoms with van der Waals surface area (Å²) >= 11 is 6.33. The Hall–Kier alpha value is -0.690. The Morgan fingerprint density at radius 1 is 1.00 bits per heavy atom. The van der Waals surface area contributed by atoms with Crippen LogP contribution in [0.4, 0.5) is 5.69 Å². The number of hydrogen-bond acceptors (Lipinski definition) is 1. The summed E-state index contributed by atoms with van der Waals surface area (Å²) in [4.78, 5) is 0. The van der Waals surface area contributed by atoms with Gasteiger partial charge in [-0.05, 0) is 31.4 Å². The Labute approximate surface area is 130 Å². The minimum atomic E-state index is 0.562. The van der Waals surface area contributed by atoms with Crippen LogP contribution in [0.1, 0.15) is 70.8 Å². The lowest BCUT2D eigenvalue weighted by Crippen LogP contribution is -2.20. The molecule has 0 atom stereocenters. The van der Waals surface area contributed by atoms with Crippen molar-refractivity contribution in [3.63, 3.8) is 0 Å². The molecule has 1 rings (SSSR count). The number of para-hydroxylation sites is 1. The maximum absolute atomic E-state index is 6.33. The molecule has 0 saturated carbocycles. The van der Waals surface area contributed by atoms with Gasteiger partial charge in [0.25, 0.3) is 0 Å². The van der Waals surface area contributed by atoms with Gasteiger partial charge in [-0.2, -0.15) is 0 Å². The summed E-state index contributed by atoms with van der Waals surface area (Å²) in [6.07, 6.45) is 10.3. The molecule has 0 aliphatic heterocycles. The summed E-state index contributed by atoms with van der Waals surface area (Å²) in [7, 11) is 0. The normalized spacial score (nSPS) is 11.1. The predicted molar refractivity (Wildman–Crippen MR) is 91.9 cm³/mol. The topological polar surface area (TPSA) is 12.0 Å². The lowest BCUT2D eigenvalue weighted by atomic mass is 10.0. The van der Waals surface area contributed by atoms with Gasteiger partial charge in [0.2, 0.25) is 0 Å². The molecular weight excluding hydrogens is 266 g/mol. The van der Waals surface area contributed by atoms with Crippen molar-refractivity contribution in [1.29, 1.82) is 0 Å². The largest absolute Gasteiger partial charge is 0.381 e. The van der Waals surface area contributed by atoms with E-state index in [4.69, 9.17) is 11.6 Å². The van der Waals surface area contributed by atoms with Crippen molar-refractivity contribution >= 4 is 17.3 Å². The fraction of sp³-hybridized carbons (Fsp3) is 0.667. The highest BCUT2D eigenvalue weighted by Gasteiger charge is 2.11. The van der Waals surface area contributed by atoms with Gasteiger partial charge in [0.1, 0.15) is 0 Å². The molecule has 1 aromatic carbocycles. The van der Waals surface area contributed by atoms with Crippen LogP contribution < -0.4 is 5.32 Å². The molecule has 0 aliphatic carbocycles. The van der Waals surface area contributed by atoms with E-state index in [-0.39, 0.29) is 0 Å². The molecule has 0 aliphatic rings. The molecule has 114 valence electrons. The van der Waals surface area contributed by atoms with E-state index in [9.17, 15) is 0 Å². The van der Waals surface area contributed by atoms with E-state index in [1.165, 1.54) is 56.9 Å². The molecule has 0 aromatic heterocycles. The maximum Gasteiger partial charge on any atom is 0.0640 e. The number of unbranched alkanes of at least 4 members (excludes halogenated alkanes) is 4. The van der Waals surface area contributed by atoms with Gasteiger partial charge in [-0.3, -0.25) is 0 Å². The van der Waals surface area contributed by atoms with Crippen molar-refractivity contribution in [2.24, 2.45) is 0 Å². The quantitative estimate of drug-likeness (QED) is 0.480. The molecule has 0 amide bonds. The summed E-state index contributed by atoms with van der Waals surface area (Å²) in [6.45, 7) is 6.65. The first-order valence-corrected chi connectivity index (χ1v) is 8.58. The standard InChI is InChI=1S/C18H30ClN/c1-4-6-8-12-16(13-9-7-5-2)20-18-15(3)11-10-14-17(18)19/h10-11,14,16,20H,4-9,12-13H2,1-3H3. The average molecular weight is 296 g/mol. The van der Waals surface area contributed by atoms with E-state index < -0.39 is 0 Å². The van der Waals surface area contributed by atoms with E-state index >= 15 is 0 Å². The Morgan fingerprint density at radius 2 is 1.60 bits per heavy atom. The number of rotatable bonds is 10. The van der Waals surface area contributed by atoms with E-state index in [1.54, 1.807) is 0 Å². The van der Waals surface area contributed by atoms with Crippen LogP contribution in [0.2, 0.25) is 5.02 Å². The van der Waals surface area contributed by atoms with Gasteiger partial charge in [-0.15, -0.1) is 0 Å². The fourth-order valence-corrected chi connectivity index (χ4v) is 2.87. The molecule has 1 N–H and O–H groups in total. The molecule has 0 unspecified atom stereocenters. The van der Waals surface area contributed by atoms with Gasteiger partial charge < -0.3 is 5.32 Å². The molecule has 1 nitrogen and oxygen atoms in total. The first kappa shape index (κ1) is 17.4. The Balaban J connectivity index is 2.61. The molecule has 0 heterocycles. The second-order valence-corrected chi connectivity index (χ2v) is 6.17. The number of benzene rings is 1. The highest BCUT2D eigenvalue weighted by Crippen LogP contribution is 2.27. The third kappa shape index (κ3) is 6.17. The van der Waals surface area contributed by atoms with E-state index in [1.807, 2.05) is 12.1 Å². The Morgan fingerprint density at radius 3 is 2.10 bits per heavy atom. The fourth-order valence-electron chi connectivity index (χ4n) is 2.59. The number of nitrogens with one attached hydrogen (secondary N) is 1. The lowest BCUT2D eigenvalue weighted by molar-refractivity contribution is 0.526.